The molecular weight excluding hydrogens is 266 g/mol. The van der Waals surface area contributed by atoms with E-state index in [0.29, 0.717) is 6.04 Å². The van der Waals surface area contributed by atoms with Gasteiger partial charge in [-0.05, 0) is 25.7 Å². The van der Waals surface area contributed by atoms with Gasteiger partial charge in [-0.2, -0.15) is 0 Å². The minimum atomic E-state index is 0.133. The molecule has 1 aliphatic heterocycles. The molecule has 21 heavy (non-hydrogen) atoms. The molecule has 3 rings (SSSR count). The Bertz CT molecular complexity index is 477. The van der Waals surface area contributed by atoms with E-state index in [-0.39, 0.29) is 11.8 Å². The molecule has 1 saturated heterocycles. The summed E-state index contributed by atoms with van der Waals surface area (Å²) in [6, 6.07) is 0.702. The molecule has 0 atom stereocenters. The Morgan fingerprint density at radius 2 is 1.90 bits per heavy atom. The second kappa shape index (κ2) is 6.39. The van der Waals surface area contributed by atoms with Crippen molar-refractivity contribution in [1.29, 1.82) is 0 Å². The van der Waals surface area contributed by atoms with Crippen LogP contribution in [-0.2, 0) is 11.3 Å². The van der Waals surface area contributed by atoms with Crippen LogP contribution in [0.1, 0.15) is 31.2 Å². The molecule has 1 aromatic heterocycles. The Kier molecular flexibility index (Phi) is 4.34. The van der Waals surface area contributed by atoms with E-state index in [9.17, 15) is 4.79 Å². The summed E-state index contributed by atoms with van der Waals surface area (Å²) in [6.45, 7) is 2.54. The predicted molar refractivity (Wildman–Crippen MR) is 80.9 cm³/mol. The number of anilines is 1. The summed E-state index contributed by atoms with van der Waals surface area (Å²) < 4.78 is 0. The number of carbonyl (C=O) groups is 1. The standard InChI is InChI=1S/C15H23N5O/c1-16-14(21)12-4-6-20(7-5-12)15-18-9-11(10-19-15)8-17-13-2-3-13/h9-10,12-13,17H,2-8H2,1H3,(H,16,21). The summed E-state index contributed by atoms with van der Waals surface area (Å²) in [6.07, 6.45) is 8.13. The highest BCUT2D eigenvalue weighted by Crippen LogP contribution is 2.21. The third kappa shape index (κ3) is 3.69. The van der Waals surface area contributed by atoms with Gasteiger partial charge in [0.05, 0.1) is 0 Å². The zero-order chi connectivity index (χ0) is 14.7. The molecule has 114 valence electrons. The van der Waals surface area contributed by atoms with Gasteiger partial charge in [0.25, 0.3) is 0 Å². The number of nitrogens with zero attached hydrogens (tertiary/aromatic N) is 3. The first kappa shape index (κ1) is 14.3. The number of aromatic nitrogens is 2. The Balaban J connectivity index is 1.51. The topological polar surface area (TPSA) is 70.2 Å². The molecule has 2 heterocycles. The van der Waals surface area contributed by atoms with E-state index in [1.807, 2.05) is 12.4 Å². The third-order valence-corrected chi connectivity index (χ3v) is 4.26. The van der Waals surface area contributed by atoms with Gasteiger partial charge in [0.2, 0.25) is 11.9 Å². The summed E-state index contributed by atoms with van der Waals surface area (Å²) in [4.78, 5) is 22.7. The lowest BCUT2D eigenvalue weighted by molar-refractivity contribution is -0.125. The highest BCUT2D eigenvalue weighted by Gasteiger charge is 2.25. The predicted octanol–water partition coefficient (Wildman–Crippen LogP) is 0.691. The van der Waals surface area contributed by atoms with E-state index < -0.39 is 0 Å². The molecule has 0 radical (unpaired) electrons. The van der Waals surface area contributed by atoms with Crippen LogP contribution in [0.5, 0.6) is 0 Å². The monoisotopic (exact) mass is 289 g/mol. The van der Waals surface area contributed by atoms with E-state index >= 15 is 0 Å². The van der Waals surface area contributed by atoms with Gasteiger partial charge in [-0.15, -0.1) is 0 Å². The van der Waals surface area contributed by atoms with Crippen molar-refractivity contribution in [2.45, 2.75) is 38.3 Å². The van der Waals surface area contributed by atoms with Crippen LogP contribution in [0.4, 0.5) is 5.95 Å². The van der Waals surface area contributed by atoms with E-state index in [2.05, 4.69) is 25.5 Å². The number of piperidine rings is 1. The van der Waals surface area contributed by atoms with E-state index in [0.717, 1.165) is 44.0 Å². The molecule has 2 aliphatic rings. The normalized spacial score (nSPS) is 19.6. The minimum Gasteiger partial charge on any atom is -0.359 e. The number of nitrogens with one attached hydrogen (secondary N) is 2. The van der Waals surface area contributed by atoms with Crippen LogP contribution >= 0.6 is 0 Å². The van der Waals surface area contributed by atoms with Gasteiger partial charge < -0.3 is 15.5 Å². The molecule has 1 saturated carbocycles. The van der Waals surface area contributed by atoms with Crippen LogP contribution in [0.2, 0.25) is 0 Å². The third-order valence-electron chi connectivity index (χ3n) is 4.26. The summed E-state index contributed by atoms with van der Waals surface area (Å²) >= 11 is 0. The molecule has 1 amide bonds. The maximum atomic E-state index is 11.6. The van der Waals surface area contributed by atoms with Crippen LogP contribution in [0.15, 0.2) is 12.4 Å². The maximum Gasteiger partial charge on any atom is 0.225 e. The Morgan fingerprint density at radius 3 is 2.48 bits per heavy atom. The summed E-state index contributed by atoms with van der Waals surface area (Å²) in [5, 5.41) is 6.19. The number of carbonyl (C=O) groups excluding carboxylic acids is 1. The molecule has 2 N–H and O–H groups in total. The van der Waals surface area contributed by atoms with Crippen molar-refractivity contribution in [3.8, 4) is 0 Å². The summed E-state index contributed by atoms with van der Waals surface area (Å²) in [5.41, 5.74) is 1.13. The van der Waals surface area contributed by atoms with Crippen LogP contribution in [0, 0.1) is 5.92 Å². The fourth-order valence-corrected chi connectivity index (χ4v) is 2.70. The van der Waals surface area contributed by atoms with Crippen LogP contribution in [0.3, 0.4) is 0 Å². The Morgan fingerprint density at radius 1 is 1.24 bits per heavy atom. The van der Waals surface area contributed by atoms with Crippen molar-refractivity contribution in [1.82, 2.24) is 20.6 Å². The second-order valence-corrected chi connectivity index (χ2v) is 5.92. The molecule has 0 unspecified atom stereocenters. The molecule has 0 bridgehead atoms. The fourth-order valence-electron chi connectivity index (χ4n) is 2.70. The fraction of sp³-hybridized carbons (Fsp3) is 0.667. The lowest BCUT2D eigenvalue weighted by Crippen LogP contribution is -2.40. The number of amides is 1. The van der Waals surface area contributed by atoms with Gasteiger partial charge in [0.15, 0.2) is 0 Å². The van der Waals surface area contributed by atoms with Crippen LogP contribution in [0.25, 0.3) is 0 Å². The lowest BCUT2D eigenvalue weighted by atomic mass is 9.96. The minimum absolute atomic E-state index is 0.133. The average molecular weight is 289 g/mol. The highest BCUT2D eigenvalue weighted by molar-refractivity contribution is 5.78. The van der Waals surface area contributed by atoms with Crippen molar-refractivity contribution >= 4 is 11.9 Å². The largest absolute Gasteiger partial charge is 0.359 e. The molecule has 2 fully saturated rings. The summed E-state index contributed by atoms with van der Waals surface area (Å²) in [5.74, 6) is 1.06. The summed E-state index contributed by atoms with van der Waals surface area (Å²) in [7, 11) is 1.70. The molecular formula is C15H23N5O. The van der Waals surface area contributed by atoms with Gasteiger partial charge in [-0.1, -0.05) is 0 Å². The molecule has 6 heteroatoms. The van der Waals surface area contributed by atoms with Crippen molar-refractivity contribution in [2.75, 3.05) is 25.0 Å². The number of hydrogen-bond acceptors (Lipinski definition) is 5. The molecule has 1 aromatic rings. The molecule has 6 nitrogen and oxygen atoms in total. The van der Waals surface area contributed by atoms with Gasteiger partial charge in [0, 0.05) is 56.6 Å². The second-order valence-electron chi connectivity index (χ2n) is 5.92. The lowest BCUT2D eigenvalue weighted by Gasteiger charge is -2.31. The van der Waals surface area contributed by atoms with Crippen LogP contribution in [-0.4, -0.2) is 42.1 Å². The van der Waals surface area contributed by atoms with Crippen molar-refractivity contribution in [3.63, 3.8) is 0 Å². The average Bonchev–Trinajstić information content (AvgIpc) is 3.37. The van der Waals surface area contributed by atoms with Gasteiger partial charge >= 0.3 is 0 Å². The Hall–Kier alpha value is -1.69. The Labute approximate surface area is 125 Å². The van der Waals surface area contributed by atoms with Gasteiger partial charge in [0.1, 0.15) is 0 Å². The molecule has 0 aromatic carbocycles. The van der Waals surface area contributed by atoms with Gasteiger partial charge in [-0.3, -0.25) is 4.79 Å². The van der Waals surface area contributed by atoms with Crippen molar-refractivity contribution in [3.05, 3.63) is 18.0 Å². The SMILES string of the molecule is CNC(=O)C1CCN(c2ncc(CNC3CC3)cn2)CC1. The van der Waals surface area contributed by atoms with Gasteiger partial charge in [-0.25, -0.2) is 9.97 Å². The van der Waals surface area contributed by atoms with E-state index in [1.165, 1.54) is 12.8 Å². The zero-order valence-electron chi connectivity index (χ0n) is 12.5. The van der Waals surface area contributed by atoms with Crippen molar-refractivity contribution in [2.24, 2.45) is 5.92 Å². The number of hydrogen-bond donors (Lipinski definition) is 2. The number of rotatable bonds is 5. The van der Waals surface area contributed by atoms with Crippen LogP contribution < -0.4 is 15.5 Å². The van der Waals surface area contributed by atoms with E-state index in [4.69, 9.17) is 0 Å². The molecule has 1 aliphatic carbocycles. The highest BCUT2D eigenvalue weighted by atomic mass is 16.1. The quantitative estimate of drug-likeness (QED) is 0.834. The van der Waals surface area contributed by atoms with Crippen molar-refractivity contribution < 1.29 is 4.79 Å². The first-order valence-electron chi connectivity index (χ1n) is 7.77. The smallest absolute Gasteiger partial charge is 0.225 e. The molecule has 0 spiro atoms. The first-order chi connectivity index (χ1) is 10.3. The van der Waals surface area contributed by atoms with E-state index in [1.54, 1.807) is 7.05 Å². The maximum absolute atomic E-state index is 11.6. The zero-order valence-corrected chi connectivity index (χ0v) is 12.5. The first-order valence-corrected chi connectivity index (χ1v) is 7.77.